The first kappa shape index (κ1) is 15.7. The standard InChI is InChI=1S/C18H17N3O3/c1-21-15-6-4-3-5-14(15)20-16(21)11-19-17(22)12-7-9-13(10-8-12)18(23)24-2/h3-10H,11H2,1-2H3,(H,19,22). The van der Waals surface area contributed by atoms with Gasteiger partial charge in [0, 0.05) is 12.6 Å². The molecule has 6 nitrogen and oxygen atoms in total. The second kappa shape index (κ2) is 6.54. The number of nitrogens with zero attached hydrogens (tertiary/aromatic N) is 2. The van der Waals surface area contributed by atoms with Crippen LogP contribution in [0.4, 0.5) is 0 Å². The number of fused-ring (bicyclic) bond motifs is 1. The molecule has 0 aliphatic carbocycles. The molecule has 0 aliphatic rings. The van der Waals surface area contributed by atoms with Gasteiger partial charge in [-0.05, 0) is 36.4 Å². The van der Waals surface area contributed by atoms with E-state index >= 15 is 0 Å². The van der Waals surface area contributed by atoms with Crippen LogP contribution in [0.5, 0.6) is 0 Å². The van der Waals surface area contributed by atoms with Crippen molar-refractivity contribution in [3.63, 3.8) is 0 Å². The topological polar surface area (TPSA) is 73.2 Å². The van der Waals surface area contributed by atoms with Crippen LogP contribution < -0.4 is 5.32 Å². The highest BCUT2D eigenvalue weighted by molar-refractivity contribution is 5.96. The lowest BCUT2D eigenvalue weighted by atomic mass is 10.1. The summed E-state index contributed by atoms with van der Waals surface area (Å²) >= 11 is 0. The average molecular weight is 323 g/mol. The molecule has 0 saturated heterocycles. The number of aromatic nitrogens is 2. The van der Waals surface area contributed by atoms with Gasteiger partial charge in [-0.3, -0.25) is 4.79 Å². The molecule has 0 spiro atoms. The van der Waals surface area contributed by atoms with Gasteiger partial charge in [-0.1, -0.05) is 12.1 Å². The van der Waals surface area contributed by atoms with Crippen molar-refractivity contribution in [1.29, 1.82) is 0 Å². The highest BCUT2D eigenvalue weighted by Gasteiger charge is 2.11. The van der Waals surface area contributed by atoms with E-state index in [1.165, 1.54) is 7.11 Å². The number of benzene rings is 2. The fourth-order valence-electron chi connectivity index (χ4n) is 2.49. The number of imidazole rings is 1. The van der Waals surface area contributed by atoms with Crippen molar-refractivity contribution in [2.45, 2.75) is 6.54 Å². The first-order chi connectivity index (χ1) is 11.6. The van der Waals surface area contributed by atoms with Gasteiger partial charge in [0.15, 0.2) is 0 Å². The predicted octanol–water partition coefficient (Wildman–Crippen LogP) is 2.29. The van der Waals surface area contributed by atoms with Crippen LogP contribution in [0.1, 0.15) is 26.5 Å². The van der Waals surface area contributed by atoms with E-state index < -0.39 is 5.97 Å². The Labute approximate surface area is 139 Å². The summed E-state index contributed by atoms with van der Waals surface area (Å²) in [6, 6.07) is 14.1. The quantitative estimate of drug-likeness (QED) is 0.748. The molecule has 2 aromatic carbocycles. The van der Waals surface area contributed by atoms with Crippen LogP contribution in [0.25, 0.3) is 11.0 Å². The first-order valence-electron chi connectivity index (χ1n) is 7.47. The van der Waals surface area contributed by atoms with Crippen molar-refractivity contribution >= 4 is 22.9 Å². The van der Waals surface area contributed by atoms with Crippen LogP contribution in [0.2, 0.25) is 0 Å². The number of rotatable bonds is 4. The number of nitrogens with one attached hydrogen (secondary N) is 1. The molecule has 1 N–H and O–H groups in total. The Morgan fingerprint density at radius 2 is 1.75 bits per heavy atom. The van der Waals surface area contributed by atoms with Gasteiger partial charge in [0.2, 0.25) is 0 Å². The van der Waals surface area contributed by atoms with E-state index in [2.05, 4.69) is 15.0 Å². The minimum Gasteiger partial charge on any atom is -0.465 e. The minimum absolute atomic E-state index is 0.224. The summed E-state index contributed by atoms with van der Waals surface area (Å²) in [7, 11) is 3.24. The summed E-state index contributed by atoms with van der Waals surface area (Å²) in [5.41, 5.74) is 2.79. The van der Waals surface area contributed by atoms with E-state index in [1.807, 2.05) is 35.9 Å². The molecule has 0 atom stereocenters. The van der Waals surface area contributed by atoms with E-state index in [4.69, 9.17) is 0 Å². The molecule has 122 valence electrons. The van der Waals surface area contributed by atoms with E-state index in [0.29, 0.717) is 17.7 Å². The SMILES string of the molecule is COC(=O)c1ccc(C(=O)NCc2nc3ccccc3n2C)cc1. The maximum atomic E-state index is 12.2. The molecule has 0 unspecified atom stereocenters. The maximum Gasteiger partial charge on any atom is 0.337 e. The number of aryl methyl sites for hydroxylation is 1. The smallest absolute Gasteiger partial charge is 0.337 e. The van der Waals surface area contributed by atoms with Crippen molar-refractivity contribution in [3.8, 4) is 0 Å². The van der Waals surface area contributed by atoms with Gasteiger partial charge in [-0.25, -0.2) is 9.78 Å². The molecule has 0 bridgehead atoms. The Morgan fingerprint density at radius 3 is 2.42 bits per heavy atom. The van der Waals surface area contributed by atoms with E-state index in [1.54, 1.807) is 24.3 Å². The summed E-state index contributed by atoms with van der Waals surface area (Å²) in [6.07, 6.45) is 0. The Bertz CT molecular complexity index is 898. The molecular weight excluding hydrogens is 306 g/mol. The van der Waals surface area contributed by atoms with Gasteiger partial charge in [0.25, 0.3) is 5.91 Å². The van der Waals surface area contributed by atoms with Gasteiger partial charge in [0.05, 0.1) is 30.3 Å². The number of methoxy groups -OCH3 is 1. The average Bonchev–Trinajstić information content (AvgIpc) is 2.95. The molecular formula is C18H17N3O3. The number of hydrogen-bond donors (Lipinski definition) is 1. The summed E-state index contributed by atoms with van der Waals surface area (Å²) in [5.74, 6) is 0.121. The monoisotopic (exact) mass is 323 g/mol. The predicted molar refractivity (Wildman–Crippen MR) is 89.7 cm³/mol. The third-order valence-electron chi connectivity index (χ3n) is 3.86. The zero-order valence-corrected chi connectivity index (χ0v) is 13.4. The van der Waals surface area contributed by atoms with E-state index in [9.17, 15) is 9.59 Å². The number of amides is 1. The highest BCUT2D eigenvalue weighted by Crippen LogP contribution is 2.14. The Kier molecular flexibility index (Phi) is 4.29. The van der Waals surface area contributed by atoms with Gasteiger partial charge >= 0.3 is 5.97 Å². The fraction of sp³-hybridized carbons (Fsp3) is 0.167. The molecule has 3 rings (SSSR count). The molecule has 3 aromatic rings. The van der Waals surface area contributed by atoms with Crippen LogP contribution in [0.3, 0.4) is 0 Å². The second-order valence-corrected chi connectivity index (χ2v) is 5.33. The molecule has 0 radical (unpaired) electrons. The largest absolute Gasteiger partial charge is 0.465 e. The van der Waals surface area contributed by atoms with Crippen molar-refractivity contribution in [3.05, 3.63) is 65.5 Å². The second-order valence-electron chi connectivity index (χ2n) is 5.33. The number of hydrogen-bond acceptors (Lipinski definition) is 4. The summed E-state index contributed by atoms with van der Waals surface area (Å²) in [6.45, 7) is 0.322. The molecule has 0 saturated carbocycles. The number of carbonyl (C=O) groups excluding carboxylic acids is 2. The van der Waals surface area contributed by atoms with Crippen LogP contribution in [-0.4, -0.2) is 28.5 Å². The zero-order valence-electron chi connectivity index (χ0n) is 13.4. The number of ether oxygens (including phenoxy) is 1. The molecule has 6 heteroatoms. The third-order valence-corrected chi connectivity index (χ3v) is 3.86. The summed E-state index contributed by atoms with van der Waals surface area (Å²) < 4.78 is 6.59. The molecule has 0 aliphatic heterocycles. The first-order valence-corrected chi connectivity index (χ1v) is 7.47. The molecule has 24 heavy (non-hydrogen) atoms. The molecule has 1 heterocycles. The lowest BCUT2D eigenvalue weighted by Crippen LogP contribution is -2.24. The van der Waals surface area contributed by atoms with E-state index in [-0.39, 0.29) is 5.91 Å². The minimum atomic E-state index is -0.429. The normalized spacial score (nSPS) is 10.6. The van der Waals surface area contributed by atoms with Crippen molar-refractivity contribution in [2.24, 2.45) is 7.05 Å². The van der Waals surface area contributed by atoms with Crippen molar-refractivity contribution < 1.29 is 14.3 Å². The molecule has 1 aromatic heterocycles. The summed E-state index contributed by atoms with van der Waals surface area (Å²) in [5, 5.41) is 2.84. The van der Waals surface area contributed by atoms with Gasteiger partial charge < -0.3 is 14.6 Å². The van der Waals surface area contributed by atoms with Crippen molar-refractivity contribution in [1.82, 2.24) is 14.9 Å². The molecule has 1 amide bonds. The lowest BCUT2D eigenvalue weighted by Gasteiger charge is -2.06. The van der Waals surface area contributed by atoms with Crippen LogP contribution in [-0.2, 0) is 18.3 Å². The van der Waals surface area contributed by atoms with Gasteiger partial charge in [0.1, 0.15) is 5.82 Å². The maximum absolute atomic E-state index is 12.2. The van der Waals surface area contributed by atoms with Crippen LogP contribution in [0, 0.1) is 0 Å². The van der Waals surface area contributed by atoms with Crippen LogP contribution in [0.15, 0.2) is 48.5 Å². The van der Waals surface area contributed by atoms with Gasteiger partial charge in [-0.15, -0.1) is 0 Å². The third kappa shape index (κ3) is 2.99. The molecule has 0 fully saturated rings. The Balaban J connectivity index is 1.70. The van der Waals surface area contributed by atoms with Crippen molar-refractivity contribution in [2.75, 3.05) is 7.11 Å². The van der Waals surface area contributed by atoms with E-state index in [0.717, 1.165) is 16.9 Å². The number of para-hydroxylation sites is 2. The fourth-order valence-corrected chi connectivity index (χ4v) is 2.49. The zero-order chi connectivity index (χ0) is 17.1. The van der Waals surface area contributed by atoms with Gasteiger partial charge in [-0.2, -0.15) is 0 Å². The lowest BCUT2D eigenvalue weighted by molar-refractivity contribution is 0.0600. The Morgan fingerprint density at radius 1 is 1.08 bits per heavy atom. The number of esters is 1. The van der Waals surface area contributed by atoms with Crippen LogP contribution >= 0.6 is 0 Å². The Hall–Kier alpha value is -3.15. The number of carbonyl (C=O) groups is 2. The summed E-state index contributed by atoms with van der Waals surface area (Å²) in [4.78, 5) is 28.1. The highest BCUT2D eigenvalue weighted by atomic mass is 16.5.